The molecule has 1 aromatic carbocycles. The lowest BCUT2D eigenvalue weighted by molar-refractivity contribution is -0.122. The van der Waals surface area contributed by atoms with Crippen LogP contribution in [0.25, 0.3) is 0 Å². The van der Waals surface area contributed by atoms with Crippen LogP contribution in [0.3, 0.4) is 0 Å². The number of tetrazole rings is 1. The van der Waals surface area contributed by atoms with Gasteiger partial charge in [-0.1, -0.05) is 29.8 Å². The molecular weight excluding hydrogens is 282 g/mol. The molecule has 0 saturated heterocycles. The smallest absolute Gasteiger partial charge is 0.222 e. The SMILES string of the molecule is Cc1ccc(C(CCO)NC(=O)CCn2nnnc2C)cc1. The summed E-state index contributed by atoms with van der Waals surface area (Å²) < 4.78 is 1.59. The van der Waals surface area contributed by atoms with E-state index in [4.69, 9.17) is 0 Å². The Morgan fingerprint density at radius 3 is 2.64 bits per heavy atom. The summed E-state index contributed by atoms with van der Waals surface area (Å²) >= 11 is 0. The third-order valence-corrected chi connectivity index (χ3v) is 3.49. The van der Waals surface area contributed by atoms with Crippen LogP contribution < -0.4 is 5.32 Å². The highest BCUT2D eigenvalue weighted by molar-refractivity contribution is 5.76. The minimum atomic E-state index is -0.187. The highest BCUT2D eigenvalue weighted by Gasteiger charge is 2.14. The van der Waals surface area contributed by atoms with E-state index in [0.29, 0.717) is 25.2 Å². The van der Waals surface area contributed by atoms with Crippen molar-refractivity contribution >= 4 is 5.91 Å². The number of amides is 1. The van der Waals surface area contributed by atoms with Crippen LogP contribution in [0.2, 0.25) is 0 Å². The van der Waals surface area contributed by atoms with Gasteiger partial charge in [0.15, 0.2) is 0 Å². The monoisotopic (exact) mass is 303 g/mol. The minimum Gasteiger partial charge on any atom is -0.396 e. The van der Waals surface area contributed by atoms with Crippen molar-refractivity contribution in [1.82, 2.24) is 25.5 Å². The Balaban J connectivity index is 1.94. The van der Waals surface area contributed by atoms with E-state index in [2.05, 4.69) is 20.8 Å². The number of aliphatic hydroxyl groups excluding tert-OH is 1. The van der Waals surface area contributed by atoms with Gasteiger partial charge in [-0.25, -0.2) is 4.68 Å². The molecule has 7 nitrogen and oxygen atoms in total. The second kappa shape index (κ2) is 7.65. The van der Waals surface area contributed by atoms with Crippen molar-refractivity contribution in [2.45, 2.75) is 39.3 Å². The summed E-state index contributed by atoms with van der Waals surface area (Å²) in [7, 11) is 0. The largest absolute Gasteiger partial charge is 0.396 e. The van der Waals surface area contributed by atoms with Crippen LogP contribution >= 0.6 is 0 Å². The molecule has 0 aliphatic heterocycles. The van der Waals surface area contributed by atoms with E-state index in [0.717, 1.165) is 11.1 Å². The third-order valence-electron chi connectivity index (χ3n) is 3.49. The molecule has 1 atom stereocenters. The number of hydrogen-bond donors (Lipinski definition) is 2. The lowest BCUT2D eigenvalue weighted by Crippen LogP contribution is -2.30. The fourth-order valence-electron chi connectivity index (χ4n) is 2.18. The van der Waals surface area contributed by atoms with Crippen molar-refractivity contribution < 1.29 is 9.90 Å². The number of nitrogens with one attached hydrogen (secondary N) is 1. The number of aromatic nitrogens is 4. The van der Waals surface area contributed by atoms with Gasteiger partial charge in [0, 0.05) is 13.0 Å². The molecule has 0 aliphatic carbocycles. The zero-order valence-corrected chi connectivity index (χ0v) is 12.9. The van der Waals surface area contributed by atoms with Crippen LogP contribution in [-0.2, 0) is 11.3 Å². The predicted octanol–water partition coefficient (Wildman–Crippen LogP) is 0.920. The molecule has 0 aliphatic rings. The quantitative estimate of drug-likeness (QED) is 0.793. The molecule has 22 heavy (non-hydrogen) atoms. The molecule has 2 aromatic rings. The summed E-state index contributed by atoms with van der Waals surface area (Å²) in [5.74, 6) is 0.590. The zero-order chi connectivity index (χ0) is 15.9. The fourth-order valence-corrected chi connectivity index (χ4v) is 2.18. The first-order chi connectivity index (χ1) is 10.6. The Hall–Kier alpha value is -2.28. The number of hydrogen-bond acceptors (Lipinski definition) is 5. The number of rotatable bonds is 7. The molecule has 1 heterocycles. The van der Waals surface area contributed by atoms with Crippen LogP contribution in [0.1, 0.15) is 35.8 Å². The molecule has 2 N–H and O–H groups in total. The van der Waals surface area contributed by atoms with Gasteiger partial charge in [0.05, 0.1) is 12.6 Å². The second-order valence-electron chi connectivity index (χ2n) is 5.24. The summed E-state index contributed by atoms with van der Waals surface area (Å²) in [5, 5.41) is 23.3. The van der Waals surface area contributed by atoms with Crippen molar-refractivity contribution in [2.75, 3.05) is 6.61 Å². The van der Waals surface area contributed by atoms with Crippen LogP contribution in [0.5, 0.6) is 0 Å². The number of nitrogens with zero attached hydrogens (tertiary/aromatic N) is 4. The normalized spacial score (nSPS) is 12.1. The average Bonchev–Trinajstić information content (AvgIpc) is 2.91. The van der Waals surface area contributed by atoms with Gasteiger partial charge in [-0.2, -0.15) is 0 Å². The summed E-state index contributed by atoms with van der Waals surface area (Å²) in [6.45, 7) is 4.26. The van der Waals surface area contributed by atoms with Crippen LogP contribution in [0, 0.1) is 13.8 Å². The van der Waals surface area contributed by atoms with E-state index in [-0.39, 0.29) is 18.6 Å². The Morgan fingerprint density at radius 2 is 2.05 bits per heavy atom. The van der Waals surface area contributed by atoms with E-state index < -0.39 is 0 Å². The van der Waals surface area contributed by atoms with Gasteiger partial charge in [0.25, 0.3) is 0 Å². The number of aliphatic hydroxyl groups is 1. The van der Waals surface area contributed by atoms with E-state index in [1.54, 1.807) is 11.6 Å². The van der Waals surface area contributed by atoms with Crippen LogP contribution in [0.4, 0.5) is 0 Å². The van der Waals surface area contributed by atoms with Crippen molar-refractivity contribution in [1.29, 1.82) is 0 Å². The van der Waals surface area contributed by atoms with E-state index >= 15 is 0 Å². The second-order valence-corrected chi connectivity index (χ2v) is 5.24. The van der Waals surface area contributed by atoms with Crippen LogP contribution in [0.15, 0.2) is 24.3 Å². The average molecular weight is 303 g/mol. The molecule has 0 saturated carbocycles. The maximum absolute atomic E-state index is 12.1. The first-order valence-corrected chi connectivity index (χ1v) is 7.29. The molecule has 1 aromatic heterocycles. The Labute approximate surface area is 129 Å². The van der Waals surface area contributed by atoms with Crippen molar-refractivity contribution in [3.05, 3.63) is 41.2 Å². The fraction of sp³-hybridized carbons (Fsp3) is 0.467. The topological polar surface area (TPSA) is 92.9 Å². The van der Waals surface area contributed by atoms with Crippen molar-refractivity contribution in [3.8, 4) is 0 Å². The summed E-state index contributed by atoms with van der Waals surface area (Å²) in [6.07, 6.45) is 0.776. The summed E-state index contributed by atoms with van der Waals surface area (Å²) in [4.78, 5) is 12.1. The maximum atomic E-state index is 12.1. The Kier molecular flexibility index (Phi) is 5.60. The molecule has 2 rings (SSSR count). The molecule has 1 amide bonds. The lowest BCUT2D eigenvalue weighted by atomic mass is 10.0. The van der Waals surface area contributed by atoms with Gasteiger partial charge in [-0.15, -0.1) is 5.10 Å². The first-order valence-electron chi connectivity index (χ1n) is 7.29. The zero-order valence-electron chi connectivity index (χ0n) is 12.9. The summed E-state index contributed by atoms with van der Waals surface area (Å²) in [5.41, 5.74) is 2.15. The predicted molar refractivity (Wildman–Crippen MR) is 80.9 cm³/mol. The molecule has 0 fully saturated rings. The van der Waals surface area contributed by atoms with Gasteiger partial charge < -0.3 is 10.4 Å². The van der Waals surface area contributed by atoms with Crippen LogP contribution in [-0.4, -0.2) is 37.8 Å². The number of carbonyl (C=O) groups is 1. The third kappa shape index (κ3) is 4.36. The van der Waals surface area contributed by atoms with Gasteiger partial charge >= 0.3 is 0 Å². The molecule has 7 heteroatoms. The van der Waals surface area contributed by atoms with Crippen molar-refractivity contribution in [2.24, 2.45) is 0 Å². The van der Waals surface area contributed by atoms with E-state index in [1.165, 1.54) is 0 Å². The first kappa shape index (κ1) is 16.1. The highest BCUT2D eigenvalue weighted by Crippen LogP contribution is 2.17. The highest BCUT2D eigenvalue weighted by atomic mass is 16.3. The summed E-state index contributed by atoms with van der Waals surface area (Å²) in [6, 6.07) is 7.75. The Bertz CT molecular complexity index is 609. The van der Waals surface area contributed by atoms with Gasteiger partial charge in [-0.05, 0) is 36.3 Å². The molecular formula is C15H21N5O2. The van der Waals surface area contributed by atoms with Gasteiger partial charge in [0.2, 0.25) is 5.91 Å². The molecule has 118 valence electrons. The maximum Gasteiger partial charge on any atom is 0.222 e. The molecule has 0 bridgehead atoms. The van der Waals surface area contributed by atoms with E-state index in [1.807, 2.05) is 31.2 Å². The van der Waals surface area contributed by atoms with Crippen molar-refractivity contribution in [3.63, 3.8) is 0 Å². The Morgan fingerprint density at radius 1 is 1.32 bits per heavy atom. The number of benzene rings is 1. The molecule has 0 radical (unpaired) electrons. The van der Waals surface area contributed by atoms with Gasteiger partial charge in [0.1, 0.15) is 5.82 Å². The lowest BCUT2D eigenvalue weighted by Gasteiger charge is -2.18. The van der Waals surface area contributed by atoms with Gasteiger partial charge in [-0.3, -0.25) is 4.79 Å². The number of carbonyl (C=O) groups excluding carboxylic acids is 1. The standard InChI is InChI=1S/C15H21N5O2/c1-11-3-5-13(6-4-11)14(8-10-21)16-15(22)7-9-20-12(2)17-18-19-20/h3-6,14,21H,7-10H2,1-2H3,(H,16,22). The minimum absolute atomic E-state index is 0.0188. The molecule has 0 spiro atoms. The number of aryl methyl sites for hydroxylation is 3. The molecule has 1 unspecified atom stereocenters. The van der Waals surface area contributed by atoms with E-state index in [9.17, 15) is 9.90 Å².